The minimum Gasteiger partial charge on any atom is -0.481 e. The summed E-state index contributed by atoms with van der Waals surface area (Å²) in [5, 5.41) is 12.7. The molecule has 2 saturated carbocycles. The number of aliphatic carboxylic acids is 1. The van der Waals surface area contributed by atoms with Crippen LogP contribution in [0.4, 0.5) is 13.2 Å². The molecule has 9 heteroatoms. The zero-order valence-corrected chi connectivity index (χ0v) is 20.7. The topological polar surface area (TPSA) is 68.7 Å². The lowest BCUT2D eigenvalue weighted by Crippen LogP contribution is -2.40. The van der Waals surface area contributed by atoms with Gasteiger partial charge in [-0.2, -0.15) is 13.2 Å². The fourth-order valence-electron chi connectivity index (χ4n) is 6.46. The number of hydrogen-bond acceptors (Lipinski definition) is 5. The van der Waals surface area contributed by atoms with Crippen LogP contribution < -0.4 is 5.32 Å². The van der Waals surface area contributed by atoms with E-state index >= 15 is 0 Å². The number of pyridine rings is 1. The maximum Gasteiger partial charge on any atom is 0.417 e. The Kier molecular flexibility index (Phi) is 8.38. The van der Waals surface area contributed by atoms with Crippen LogP contribution in [-0.2, 0) is 23.9 Å². The largest absolute Gasteiger partial charge is 0.481 e. The number of halogens is 3. The first kappa shape index (κ1) is 26.4. The molecule has 2 aliphatic carbocycles. The van der Waals surface area contributed by atoms with Crippen molar-refractivity contribution in [3.05, 3.63) is 29.1 Å². The van der Waals surface area contributed by atoms with Crippen molar-refractivity contribution >= 4 is 5.97 Å². The molecule has 0 radical (unpaired) electrons. The standard InChI is InChI=1S/C17H30N2O2.C9H9F3N2/c1-18(10-11-19-8-3-2-4-9-19)15-12-14-6-5-7-17(14,13-15)16(20)21;10-9(11,12)7-3-6-4-13-2-1-8(6)14-5-7/h14-15H,2-13H2,1H3,(H,20,21);3,5,13H,1-2,4H2. The van der Waals surface area contributed by atoms with Crippen LogP contribution in [0, 0.1) is 11.3 Å². The lowest BCUT2D eigenvalue weighted by Gasteiger charge is -2.31. The first-order valence-electron chi connectivity index (χ1n) is 13.1. The van der Waals surface area contributed by atoms with Gasteiger partial charge in [0.15, 0.2) is 0 Å². The molecule has 35 heavy (non-hydrogen) atoms. The number of nitrogens with zero attached hydrogens (tertiary/aromatic N) is 3. The van der Waals surface area contributed by atoms with Crippen molar-refractivity contribution in [3.8, 4) is 0 Å². The van der Waals surface area contributed by atoms with Gasteiger partial charge in [0.05, 0.1) is 11.0 Å². The van der Waals surface area contributed by atoms with E-state index in [0.717, 1.165) is 63.6 Å². The highest BCUT2D eigenvalue weighted by Crippen LogP contribution is 2.55. The summed E-state index contributed by atoms with van der Waals surface area (Å²) in [6.07, 6.45) is 6.52. The summed E-state index contributed by atoms with van der Waals surface area (Å²) in [6.45, 7) is 6.00. The summed E-state index contributed by atoms with van der Waals surface area (Å²) in [4.78, 5) is 20.6. The number of likely N-dealkylation sites (N-methyl/N-ethyl adjacent to an activating group) is 1. The molecular weight excluding hydrogens is 457 g/mol. The molecule has 1 saturated heterocycles. The van der Waals surface area contributed by atoms with Crippen LogP contribution >= 0.6 is 0 Å². The van der Waals surface area contributed by atoms with Crippen molar-refractivity contribution in [2.75, 3.05) is 39.8 Å². The fourth-order valence-corrected chi connectivity index (χ4v) is 6.46. The Morgan fingerprint density at radius 2 is 2.06 bits per heavy atom. The summed E-state index contributed by atoms with van der Waals surface area (Å²) in [5.41, 5.74) is 0.382. The van der Waals surface area contributed by atoms with Crippen LogP contribution in [0.2, 0.25) is 0 Å². The molecule has 0 bridgehead atoms. The van der Waals surface area contributed by atoms with Crippen LogP contribution in [0.25, 0.3) is 0 Å². The van der Waals surface area contributed by atoms with Crippen molar-refractivity contribution in [1.29, 1.82) is 0 Å². The monoisotopic (exact) mass is 496 g/mol. The number of carbonyl (C=O) groups is 1. The maximum absolute atomic E-state index is 12.3. The summed E-state index contributed by atoms with van der Waals surface area (Å²) in [5.74, 6) is -0.102. The SMILES string of the molecule is CN(CCN1CCCCC1)C1CC2CCCC2(C(=O)O)C1.FC(F)(F)c1cnc2c(c1)CNCC2. The van der Waals surface area contributed by atoms with Gasteiger partial charge in [0.25, 0.3) is 0 Å². The fraction of sp³-hybridized carbons (Fsp3) is 0.769. The maximum atomic E-state index is 12.3. The Bertz CT molecular complexity index is 875. The number of piperidine rings is 1. The highest BCUT2D eigenvalue weighted by Gasteiger charge is 2.55. The molecule has 5 rings (SSSR count). The Morgan fingerprint density at radius 3 is 2.74 bits per heavy atom. The zero-order chi connectivity index (χ0) is 25.1. The zero-order valence-electron chi connectivity index (χ0n) is 20.7. The van der Waals surface area contributed by atoms with Crippen molar-refractivity contribution < 1.29 is 23.1 Å². The third-order valence-electron chi connectivity index (χ3n) is 8.62. The van der Waals surface area contributed by atoms with E-state index in [1.807, 2.05) is 0 Å². The van der Waals surface area contributed by atoms with E-state index in [9.17, 15) is 23.1 Å². The van der Waals surface area contributed by atoms with Gasteiger partial charge in [-0.15, -0.1) is 0 Å². The molecular formula is C26H39F3N4O2. The summed E-state index contributed by atoms with van der Waals surface area (Å²) < 4.78 is 36.9. The summed E-state index contributed by atoms with van der Waals surface area (Å²) in [6, 6.07) is 1.66. The average Bonchev–Trinajstić information content (AvgIpc) is 3.42. The van der Waals surface area contributed by atoms with Gasteiger partial charge in [0.2, 0.25) is 0 Å². The van der Waals surface area contributed by atoms with Gasteiger partial charge < -0.3 is 20.2 Å². The van der Waals surface area contributed by atoms with E-state index in [-0.39, 0.29) is 5.41 Å². The minimum atomic E-state index is -4.29. The molecule has 0 aromatic carbocycles. The van der Waals surface area contributed by atoms with Gasteiger partial charge in [-0.25, -0.2) is 0 Å². The van der Waals surface area contributed by atoms with Gasteiger partial charge >= 0.3 is 12.1 Å². The van der Waals surface area contributed by atoms with Crippen LogP contribution in [0.3, 0.4) is 0 Å². The third kappa shape index (κ3) is 6.17. The van der Waals surface area contributed by atoms with Gasteiger partial charge in [-0.3, -0.25) is 9.78 Å². The number of hydrogen-bond donors (Lipinski definition) is 2. The number of carboxylic acid groups (broad SMARTS) is 1. The van der Waals surface area contributed by atoms with Crippen molar-refractivity contribution in [2.45, 2.75) is 76.6 Å². The second-order valence-corrected chi connectivity index (χ2v) is 10.8. The lowest BCUT2D eigenvalue weighted by atomic mass is 9.80. The highest BCUT2D eigenvalue weighted by molar-refractivity contribution is 5.76. The molecule has 1 aromatic rings. The van der Waals surface area contributed by atoms with E-state index in [1.165, 1.54) is 38.4 Å². The average molecular weight is 497 g/mol. The number of alkyl halides is 3. The molecule has 3 atom stereocenters. The first-order valence-corrected chi connectivity index (χ1v) is 13.1. The molecule has 4 aliphatic rings. The van der Waals surface area contributed by atoms with Crippen LogP contribution in [0.15, 0.2) is 12.3 Å². The van der Waals surface area contributed by atoms with E-state index in [1.54, 1.807) is 0 Å². The second kappa shape index (κ2) is 11.1. The van der Waals surface area contributed by atoms with Crippen molar-refractivity contribution in [1.82, 2.24) is 20.1 Å². The number of aromatic nitrogens is 1. The van der Waals surface area contributed by atoms with Crippen LogP contribution in [0.5, 0.6) is 0 Å². The van der Waals surface area contributed by atoms with Crippen molar-refractivity contribution in [3.63, 3.8) is 0 Å². The Hall–Kier alpha value is -1.71. The molecule has 2 N–H and O–H groups in total. The molecule has 3 heterocycles. The first-order chi connectivity index (χ1) is 16.7. The number of rotatable bonds is 5. The molecule has 3 unspecified atom stereocenters. The molecule has 0 amide bonds. The number of carboxylic acids is 1. The molecule has 3 fully saturated rings. The predicted octanol–water partition coefficient (Wildman–Crippen LogP) is 4.18. The third-order valence-corrected chi connectivity index (χ3v) is 8.62. The van der Waals surface area contributed by atoms with E-state index in [2.05, 4.69) is 27.1 Å². The van der Waals surface area contributed by atoms with Crippen molar-refractivity contribution in [2.24, 2.45) is 11.3 Å². The van der Waals surface area contributed by atoms with E-state index in [0.29, 0.717) is 30.5 Å². The summed E-state index contributed by atoms with van der Waals surface area (Å²) in [7, 11) is 2.20. The number of likely N-dealkylation sites (tertiary alicyclic amines) is 1. The normalized spacial score (nSPS) is 28.8. The quantitative estimate of drug-likeness (QED) is 0.638. The van der Waals surface area contributed by atoms with E-state index < -0.39 is 17.7 Å². The molecule has 2 aliphatic heterocycles. The molecule has 1 aromatic heterocycles. The van der Waals surface area contributed by atoms with Gasteiger partial charge in [-0.05, 0) is 76.2 Å². The predicted molar refractivity (Wildman–Crippen MR) is 128 cm³/mol. The van der Waals surface area contributed by atoms with E-state index in [4.69, 9.17) is 0 Å². The Morgan fingerprint density at radius 1 is 1.29 bits per heavy atom. The van der Waals surface area contributed by atoms with Gasteiger partial charge in [-0.1, -0.05) is 12.8 Å². The van der Waals surface area contributed by atoms with Crippen LogP contribution in [-0.4, -0.2) is 71.7 Å². The highest BCUT2D eigenvalue weighted by atomic mass is 19.4. The second-order valence-electron chi connectivity index (χ2n) is 10.8. The van der Waals surface area contributed by atoms with Crippen LogP contribution in [0.1, 0.15) is 68.2 Å². The Labute approximate surface area is 206 Å². The molecule has 0 spiro atoms. The lowest BCUT2D eigenvalue weighted by molar-refractivity contribution is -0.150. The minimum absolute atomic E-state index is 0.385. The Balaban J connectivity index is 0.000000179. The number of fused-ring (bicyclic) bond motifs is 2. The van der Waals surface area contributed by atoms with Gasteiger partial charge in [0, 0.05) is 50.5 Å². The van der Waals surface area contributed by atoms with Gasteiger partial charge in [0.1, 0.15) is 0 Å². The summed E-state index contributed by atoms with van der Waals surface area (Å²) >= 11 is 0. The number of nitrogens with one attached hydrogen (secondary N) is 1. The smallest absolute Gasteiger partial charge is 0.417 e. The molecule has 196 valence electrons. The molecule has 6 nitrogen and oxygen atoms in total.